The highest BCUT2D eigenvalue weighted by atomic mass is 32.2. The number of benzene rings is 2. The van der Waals surface area contributed by atoms with Crippen LogP contribution in [-0.4, -0.2) is 21.1 Å². The number of nitrogens with one attached hydrogen (secondary N) is 1. The number of amides is 1. The van der Waals surface area contributed by atoms with Crippen LogP contribution in [0, 0.1) is 19.8 Å². The first-order valence-corrected chi connectivity index (χ1v) is 14.3. The van der Waals surface area contributed by atoms with Crippen molar-refractivity contribution < 1.29 is 13.4 Å². The molecular weight excluding hydrogens is 499 g/mol. The number of carbonyl (C=O) groups is 1. The molecule has 1 heterocycles. The van der Waals surface area contributed by atoms with Gasteiger partial charge in [-0.2, -0.15) is 4.39 Å². The van der Waals surface area contributed by atoms with Crippen molar-refractivity contribution in [3.05, 3.63) is 82.3 Å². The van der Waals surface area contributed by atoms with Gasteiger partial charge in [-0.05, 0) is 85.2 Å². The maximum absolute atomic E-state index is 13.4. The van der Waals surface area contributed by atoms with Crippen molar-refractivity contribution in [2.24, 2.45) is 5.73 Å². The topological polar surface area (TPSA) is 88.3 Å². The predicted molar refractivity (Wildman–Crippen MR) is 154 cm³/mol. The summed E-state index contributed by atoms with van der Waals surface area (Å²) in [4.78, 5) is 18.7. The first kappa shape index (κ1) is 29.5. The van der Waals surface area contributed by atoms with Crippen molar-refractivity contribution in [2.45, 2.75) is 84.2 Å². The summed E-state index contributed by atoms with van der Waals surface area (Å²) in [5.74, 6) is -0.528. The Kier molecular flexibility index (Phi) is 10.6. The van der Waals surface area contributed by atoms with Crippen LogP contribution < -0.4 is 15.4 Å². The minimum Gasteiger partial charge on any atom is -0.327 e. The largest absolute Gasteiger partial charge is 0.327 e. The van der Waals surface area contributed by atoms with Crippen molar-refractivity contribution in [3.8, 4) is 0 Å². The lowest BCUT2D eigenvalue weighted by Gasteiger charge is -2.28. The van der Waals surface area contributed by atoms with Crippen LogP contribution in [0.3, 0.4) is 0 Å². The normalized spacial score (nSPS) is 15.1. The van der Waals surface area contributed by atoms with Gasteiger partial charge in [0.05, 0.1) is 11.4 Å². The van der Waals surface area contributed by atoms with Crippen LogP contribution >= 0.6 is 0 Å². The van der Waals surface area contributed by atoms with Gasteiger partial charge in [-0.15, -0.1) is 0 Å². The van der Waals surface area contributed by atoms with E-state index in [0.717, 1.165) is 41.6 Å². The highest BCUT2D eigenvalue weighted by Gasteiger charge is 2.23. The Labute approximate surface area is 228 Å². The summed E-state index contributed by atoms with van der Waals surface area (Å²) in [6.07, 6.45) is 5.38. The van der Waals surface area contributed by atoms with E-state index in [1.807, 2.05) is 26.0 Å². The maximum atomic E-state index is 13.4. The number of pyridine rings is 1. The van der Waals surface area contributed by atoms with Gasteiger partial charge >= 0.3 is 0 Å². The lowest BCUT2D eigenvalue weighted by atomic mass is 9.85. The second-order valence-corrected chi connectivity index (χ2v) is 11.0. The molecule has 2 atom stereocenters. The molecule has 1 amide bonds. The Morgan fingerprint density at radius 2 is 1.84 bits per heavy atom. The average molecular weight is 539 g/mol. The van der Waals surface area contributed by atoms with Gasteiger partial charge in [-0.3, -0.25) is 9.52 Å². The molecule has 3 aromatic rings. The molecule has 0 fully saturated rings. The van der Waals surface area contributed by atoms with E-state index in [9.17, 15) is 13.4 Å². The Balaban J connectivity index is 0.000000934. The summed E-state index contributed by atoms with van der Waals surface area (Å²) in [5.41, 5.74) is 12.2. The molecule has 1 aromatic heterocycles. The zero-order valence-electron chi connectivity index (χ0n) is 23.0. The van der Waals surface area contributed by atoms with Crippen LogP contribution in [0.25, 0.3) is 0 Å². The average Bonchev–Trinajstić information content (AvgIpc) is 2.88. The van der Waals surface area contributed by atoms with Crippen LogP contribution in [0.15, 0.2) is 53.4 Å². The van der Waals surface area contributed by atoms with Crippen molar-refractivity contribution in [1.29, 1.82) is 0 Å². The van der Waals surface area contributed by atoms with Crippen LogP contribution in [0.1, 0.15) is 67.9 Å². The lowest BCUT2D eigenvalue weighted by molar-refractivity contribution is -0.116. The summed E-state index contributed by atoms with van der Waals surface area (Å²) in [5, 5.41) is 0. The Morgan fingerprint density at radius 3 is 2.50 bits per heavy atom. The molecule has 2 unspecified atom stereocenters. The van der Waals surface area contributed by atoms with E-state index in [1.54, 1.807) is 24.0 Å². The molecule has 0 bridgehead atoms. The van der Waals surface area contributed by atoms with Gasteiger partial charge in [0.25, 0.3) is 0 Å². The molecule has 1 aliphatic carbocycles. The Morgan fingerprint density at radius 1 is 1.13 bits per heavy atom. The van der Waals surface area contributed by atoms with Gasteiger partial charge in [0.1, 0.15) is 5.82 Å². The number of fused-ring (bicyclic) bond motifs is 1. The number of anilines is 2. The highest BCUT2D eigenvalue weighted by molar-refractivity contribution is 7.86. The van der Waals surface area contributed by atoms with Crippen molar-refractivity contribution in [2.75, 3.05) is 9.62 Å². The molecule has 1 aliphatic rings. The van der Waals surface area contributed by atoms with Gasteiger partial charge in [0, 0.05) is 18.7 Å². The SMILES string of the molecule is CC(=O)N(Cc1cccc2c1CC(N)CC2)c1cc(C)c(S(=O)Nc2cccc(F)n2)cc1C.CCCC. The Bertz CT molecular complexity index is 1300. The zero-order valence-corrected chi connectivity index (χ0v) is 23.8. The zero-order chi connectivity index (χ0) is 27.8. The molecule has 6 nitrogen and oxygen atoms in total. The third-order valence-corrected chi connectivity index (χ3v) is 7.96. The van der Waals surface area contributed by atoms with E-state index < -0.39 is 16.9 Å². The number of aromatic nitrogens is 1. The monoisotopic (exact) mass is 538 g/mol. The second kappa shape index (κ2) is 13.6. The molecule has 0 spiro atoms. The fourth-order valence-corrected chi connectivity index (χ4v) is 5.50. The van der Waals surface area contributed by atoms with Gasteiger partial charge in [-0.1, -0.05) is 51.0 Å². The smallest absolute Gasteiger partial charge is 0.224 e. The van der Waals surface area contributed by atoms with E-state index in [0.29, 0.717) is 11.4 Å². The van der Waals surface area contributed by atoms with E-state index in [4.69, 9.17) is 5.73 Å². The summed E-state index contributed by atoms with van der Waals surface area (Å²) in [6.45, 7) is 10.1. The highest BCUT2D eigenvalue weighted by Crippen LogP contribution is 2.31. The molecule has 0 saturated heterocycles. The number of unbranched alkanes of at least 4 members (excludes halogenated alkanes) is 1. The molecule has 4 rings (SSSR count). The number of nitrogens with zero attached hydrogens (tertiary/aromatic N) is 2. The van der Waals surface area contributed by atoms with Crippen LogP contribution in [0.5, 0.6) is 0 Å². The predicted octanol–water partition coefficient (Wildman–Crippen LogP) is 6.15. The van der Waals surface area contributed by atoms with Crippen LogP contribution in [-0.2, 0) is 35.2 Å². The summed E-state index contributed by atoms with van der Waals surface area (Å²) >= 11 is 0. The summed E-state index contributed by atoms with van der Waals surface area (Å²) in [6, 6.07) is 14.4. The lowest BCUT2D eigenvalue weighted by Crippen LogP contribution is -2.32. The van der Waals surface area contributed by atoms with E-state index in [2.05, 4.69) is 35.7 Å². The first-order chi connectivity index (χ1) is 18.1. The standard InChI is InChI=1S/C26H29FN4O2S.C4H10/c1-16-13-24(34(33)30-26-9-5-8-25(27)29-26)17(2)12-23(16)31(18(3)32)15-20-7-4-6-19-10-11-21(28)14-22(19)20;1-3-4-2/h4-9,12-13,21H,10-11,14-15,28H2,1-3H3,(H,29,30);3-4H2,1-2H3. The summed E-state index contributed by atoms with van der Waals surface area (Å²) in [7, 11) is -1.64. The maximum Gasteiger partial charge on any atom is 0.224 e. The number of carbonyl (C=O) groups excluding carboxylic acids is 1. The molecule has 204 valence electrons. The molecule has 2 aromatic carbocycles. The van der Waals surface area contributed by atoms with E-state index in [1.165, 1.54) is 36.1 Å². The van der Waals surface area contributed by atoms with Crippen LogP contribution in [0.4, 0.5) is 15.9 Å². The summed E-state index contributed by atoms with van der Waals surface area (Å²) < 4.78 is 29.1. The van der Waals surface area contributed by atoms with Gasteiger partial charge < -0.3 is 10.6 Å². The fourth-order valence-electron chi connectivity index (χ4n) is 4.45. The van der Waals surface area contributed by atoms with Gasteiger partial charge in [0.2, 0.25) is 11.9 Å². The number of hydrogen-bond donors (Lipinski definition) is 2. The second-order valence-electron chi connectivity index (χ2n) is 9.78. The third kappa shape index (κ3) is 7.48. The first-order valence-electron chi connectivity index (χ1n) is 13.2. The Hall–Kier alpha value is -3.10. The molecule has 0 radical (unpaired) electrons. The quantitative estimate of drug-likeness (QED) is 0.353. The number of rotatable bonds is 7. The van der Waals surface area contributed by atoms with Gasteiger partial charge in [-0.25, -0.2) is 9.19 Å². The van der Waals surface area contributed by atoms with E-state index >= 15 is 0 Å². The molecule has 0 saturated carbocycles. The van der Waals surface area contributed by atoms with E-state index in [-0.39, 0.29) is 17.8 Å². The fraction of sp³-hybridized carbons (Fsp3) is 0.400. The third-order valence-electron chi connectivity index (χ3n) is 6.73. The van der Waals surface area contributed by atoms with Crippen molar-refractivity contribution in [3.63, 3.8) is 0 Å². The number of aryl methyl sites for hydroxylation is 3. The molecule has 3 N–H and O–H groups in total. The molecule has 8 heteroatoms. The van der Waals surface area contributed by atoms with Crippen molar-refractivity contribution >= 4 is 28.4 Å². The molecular formula is C30H39FN4O2S. The van der Waals surface area contributed by atoms with Gasteiger partial charge in [0.15, 0.2) is 11.0 Å². The number of hydrogen-bond acceptors (Lipinski definition) is 4. The molecule has 0 aliphatic heterocycles. The number of nitrogens with two attached hydrogens (primary N) is 1. The van der Waals surface area contributed by atoms with Crippen molar-refractivity contribution in [1.82, 2.24) is 4.98 Å². The minimum atomic E-state index is -1.64. The van der Waals surface area contributed by atoms with Crippen LogP contribution in [0.2, 0.25) is 0 Å². The minimum absolute atomic E-state index is 0.0730. The molecule has 38 heavy (non-hydrogen) atoms. The number of halogens is 1.